The molecule has 0 atom stereocenters. The van der Waals surface area contributed by atoms with Crippen molar-refractivity contribution in [2.24, 2.45) is 0 Å². The quantitative estimate of drug-likeness (QED) is 0.405. The van der Waals surface area contributed by atoms with Gasteiger partial charge in [0, 0.05) is 11.4 Å². The standard InChI is InChI=1S/12CH4.O2.2HPS.H2/c;;;;;;;;;;;;3*1-2;/h12*1H4;;2*1H;1H/i;;;;;;;;;;;;;;;1+2. The first kappa shape index (κ1) is 438. The minimum atomic E-state index is 0. The van der Waals surface area contributed by atoms with Gasteiger partial charge in [0.25, 0.3) is 0 Å². The molecule has 0 bridgehead atoms. The van der Waals surface area contributed by atoms with Gasteiger partial charge in [-0.25, -0.2) is 0 Å². The van der Waals surface area contributed by atoms with Crippen LogP contribution in [-0.4, -0.2) is 0 Å². The molecule has 0 N–H and O–H groups in total. The van der Waals surface area contributed by atoms with Crippen LogP contribution in [0.25, 0.3) is 0 Å². The van der Waals surface area contributed by atoms with Crippen molar-refractivity contribution in [1.29, 1.82) is 0 Å². The zero-order valence-electron chi connectivity index (χ0n) is 2.63. The first-order chi connectivity index (χ1) is 3.00. The molecule has 0 aromatic heterocycles. The van der Waals surface area contributed by atoms with Crippen molar-refractivity contribution < 1.29 is 1.43 Å². The second-order valence-corrected chi connectivity index (χ2v) is 0. The van der Waals surface area contributed by atoms with Crippen LogP contribution >= 0.6 is 16.0 Å². The predicted molar refractivity (Wildman–Crippen MR) is 121 cm³/mol. The lowest BCUT2D eigenvalue weighted by Gasteiger charge is -0.760. The van der Waals surface area contributed by atoms with Gasteiger partial charge >= 0.3 is 0 Å². The molecule has 0 spiro atoms. The maximum absolute atomic E-state index is 7.00. The summed E-state index contributed by atoms with van der Waals surface area (Å²) in [5, 5.41) is 0. The van der Waals surface area contributed by atoms with Crippen molar-refractivity contribution >= 4 is 39.6 Å². The second-order valence-electron chi connectivity index (χ2n) is 0. The molecule has 0 saturated heterocycles. The molecule has 0 aromatic rings. The van der Waals surface area contributed by atoms with Crippen molar-refractivity contribution in [3.63, 3.8) is 0 Å². The highest BCUT2D eigenvalue weighted by Gasteiger charge is 0.707. The van der Waals surface area contributed by atoms with E-state index in [1.165, 1.54) is 0 Å². The number of hydrogen-bond donors (Lipinski definition) is 0. The average molecular weight is 357 g/mol. The van der Waals surface area contributed by atoms with E-state index in [4.69, 9.17) is 9.93 Å². The highest BCUT2D eigenvalue weighted by Crippen LogP contribution is 1.26. The van der Waals surface area contributed by atoms with Gasteiger partial charge in [0.2, 0.25) is 0 Å². The molecular weight excluding hydrogens is 302 g/mol. The van der Waals surface area contributed by atoms with E-state index < -0.39 is 0 Å². The van der Waals surface area contributed by atoms with Gasteiger partial charge in [-0.3, -0.25) is 0 Å². The largest absolute Gasteiger partial charge is 0.0776 e. The first-order valence-corrected chi connectivity index (χ1v) is 3.84. The summed E-state index contributed by atoms with van der Waals surface area (Å²) in [5.74, 6) is 0. The Labute approximate surface area is 140 Å². The van der Waals surface area contributed by atoms with Crippen LogP contribution in [0.1, 0.15) is 90.5 Å². The molecule has 0 amide bonds. The third-order valence-electron chi connectivity index (χ3n) is 0. The van der Waals surface area contributed by atoms with E-state index >= 15 is 0 Å². The van der Waals surface area contributed by atoms with Crippen LogP contribution in [-0.2, 0) is 23.6 Å². The fourth-order valence-electron chi connectivity index (χ4n) is 0. The molecule has 134 valence electrons. The monoisotopic (exact) mass is 356 g/mol. The minimum Gasteiger partial charge on any atom is -0.0776 e. The van der Waals surface area contributed by atoms with Crippen molar-refractivity contribution in [1.82, 2.24) is 0 Å². The molecule has 0 heterocycles. The van der Waals surface area contributed by atoms with Crippen molar-refractivity contribution in [2.75, 3.05) is 0 Å². The summed E-state index contributed by atoms with van der Waals surface area (Å²) in [7, 11) is 5.11. The zero-order chi connectivity index (χ0) is 6.00. The van der Waals surface area contributed by atoms with Crippen LogP contribution in [0.3, 0.4) is 0 Å². The molecule has 0 saturated carbocycles. The zero-order valence-corrected chi connectivity index (χ0v) is 6.27. The lowest BCUT2D eigenvalue weighted by molar-refractivity contribution is 2.50. The van der Waals surface area contributed by atoms with Crippen molar-refractivity contribution in [2.45, 2.75) is 89.1 Å². The normalized spacial score (nSPS) is 0.667. The summed E-state index contributed by atoms with van der Waals surface area (Å²) in [4.78, 5) is 14.0. The van der Waals surface area contributed by atoms with Crippen LogP contribution in [0.5, 0.6) is 0 Å². The van der Waals surface area contributed by atoms with Gasteiger partial charge in [-0.1, -0.05) is 113 Å². The number of hydrogen-bond acceptors (Lipinski definition) is 4. The second kappa shape index (κ2) is 11900. The third-order valence-corrected chi connectivity index (χ3v) is 0. The summed E-state index contributed by atoms with van der Waals surface area (Å²) in [6.45, 7) is 0. The van der Waals surface area contributed by atoms with E-state index in [0.29, 0.717) is 0 Å². The Bertz CT molecular complexity index is 36.4. The van der Waals surface area contributed by atoms with E-state index in [1.807, 2.05) is 0 Å². The fourth-order valence-corrected chi connectivity index (χ4v) is 0. The minimum absolute atomic E-state index is 0. The molecule has 0 aliphatic carbocycles. The fraction of sp³-hybridized carbons (Fsp3) is 1.00. The summed E-state index contributed by atoms with van der Waals surface area (Å²) in [6.07, 6.45) is 0. The molecule has 0 aliphatic heterocycles. The molecule has 0 radical (unpaired) electrons. The van der Waals surface area contributed by atoms with Crippen LogP contribution in [0.15, 0.2) is 0 Å². The van der Waals surface area contributed by atoms with Gasteiger partial charge in [-0.05, 0) is 16.0 Å². The van der Waals surface area contributed by atoms with E-state index in [2.05, 4.69) is 39.6 Å². The van der Waals surface area contributed by atoms with E-state index in [0.717, 1.165) is 0 Å². The summed E-state index contributed by atoms with van der Waals surface area (Å²) in [5.41, 5.74) is 0. The van der Waals surface area contributed by atoms with Crippen LogP contribution in [0.2, 0.25) is 0 Å². The Morgan fingerprint density at radius 2 is 0.389 bits per heavy atom. The van der Waals surface area contributed by atoms with Crippen LogP contribution < -0.4 is 0 Å². The summed E-state index contributed by atoms with van der Waals surface area (Å²) in [6, 6.07) is 0. The van der Waals surface area contributed by atoms with Gasteiger partial charge in [-0.15, -0.1) is 0 Å². The van der Waals surface area contributed by atoms with Gasteiger partial charge in [0.1, 0.15) is 0 Å². The molecule has 0 aromatic carbocycles. The Morgan fingerprint density at radius 1 is 0.389 bits per heavy atom. The Morgan fingerprint density at radius 3 is 0.389 bits per heavy atom. The highest BCUT2D eigenvalue weighted by molar-refractivity contribution is 7.89. The SMILES string of the molecule is C.C.C.C.C.C.C.C.C.C.C.C.O=O.P=S.P=S.[3HH]. The van der Waals surface area contributed by atoms with E-state index in [1.54, 1.807) is 0 Å². The van der Waals surface area contributed by atoms with Crippen molar-refractivity contribution in [3.05, 3.63) is 9.93 Å². The van der Waals surface area contributed by atoms with Gasteiger partial charge in [0.05, 0.1) is 0 Å². The Balaban J connectivity index is -0.000000000378. The first-order valence-electron chi connectivity index (χ1n) is 0.575. The Hall–Kier alpha value is 0.640. The van der Waals surface area contributed by atoms with E-state index in [-0.39, 0.29) is 90.5 Å². The lowest BCUT2D eigenvalue weighted by Crippen LogP contribution is -0.674. The number of rotatable bonds is 0. The average Bonchev–Trinajstić information content (AvgIpc) is 1.81. The lowest BCUT2D eigenvalue weighted by atomic mass is 12.0. The van der Waals surface area contributed by atoms with E-state index in [9.17, 15) is 0 Å². The third kappa shape index (κ3) is 9940. The highest BCUT2D eigenvalue weighted by atomic mass is 32.4. The topological polar surface area (TPSA) is 34.1 Å². The van der Waals surface area contributed by atoms with Crippen LogP contribution in [0, 0.1) is 9.93 Å². The van der Waals surface area contributed by atoms with Gasteiger partial charge in [-0.2, -0.15) is 0 Å². The maximum atomic E-state index is 7.00. The molecule has 0 aliphatic rings. The van der Waals surface area contributed by atoms with Gasteiger partial charge in [0.15, 0.2) is 0 Å². The van der Waals surface area contributed by atoms with Crippen molar-refractivity contribution in [3.8, 4) is 0 Å². The molecule has 0 unspecified atom stereocenters. The summed E-state index contributed by atoms with van der Waals surface area (Å²) >= 11 is 7.78. The Kier molecular flexibility index (Phi) is 290000. The van der Waals surface area contributed by atoms with Crippen LogP contribution in [0.4, 0.5) is 0 Å². The molecule has 18 heavy (non-hydrogen) atoms. The summed E-state index contributed by atoms with van der Waals surface area (Å²) < 4.78 is 0. The molecule has 0 rings (SSSR count). The predicted octanol–water partition coefficient (Wildman–Crippen LogP) is 9.13. The molecule has 2 nitrogen and oxygen atoms in total. The van der Waals surface area contributed by atoms with Gasteiger partial charge < -0.3 is 0 Å². The molecule has 6 heteroatoms. The molecule has 0 fully saturated rings. The molecular formula is C12H52O2P2S2. The maximum Gasteiger partial charge on any atom is 0 e. The smallest absolute Gasteiger partial charge is 0 e.